The van der Waals surface area contributed by atoms with Crippen LogP contribution in [0, 0.1) is 23.7 Å². The van der Waals surface area contributed by atoms with Gasteiger partial charge >= 0.3 is 0 Å². The molecule has 1 unspecified atom stereocenters. The van der Waals surface area contributed by atoms with E-state index in [4.69, 9.17) is 9.57 Å². The van der Waals surface area contributed by atoms with Crippen LogP contribution in [-0.2, 0) is 30.4 Å². The number of amides is 3. The second-order valence-corrected chi connectivity index (χ2v) is 11.2. The third-order valence-corrected chi connectivity index (χ3v) is 6.61. The lowest BCUT2D eigenvalue weighted by molar-refractivity contribution is -0.203. The number of benzene rings is 1. The zero-order valence-electron chi connectivity index (χ0n) is 24.4. The van der Waals surface area contributed by atoms with Gasteiger partial charge in [0.05, 0.1) is 18.3 Å². The highest BCUT2D eigenvalue weighted by molar-refractivity contribution is 5.89. The number of hydrogen-bond donors (Lipinski definition) is 3. The molecule has 0 aliphatic carbocycles. The van der Waals surface area contributed by atoms with Crippen LogP contribution in [0.2, 0.25) is 0 Å². The Morgan fingerprint density at radius 1 is 1.10 bits per heavy atom. The fraction of sp³-hybridized carbons (Fsp3) is 0.586. The van der Waals surface area contributed by atoms with Crippen molar-refractivity contribution in [2.75, 3.05) is 13.2 Å². The van der Waals surface area contributed by atoms with Crippen molar-refractivity contribution >= 4 is 23.8 Å². The standard InChI is InChI=1S/C29H43N7O5/c1-20(2)17-24(28(38)32-36(19-21(3)4)26(37)18-25-30-34-35-31-25)23(14-10-13-22-11-6-5-7-12-22)29(39)33-41-27-15-8-9-16-40-27/h5-7,10-13,20-21,23-24,27H,8-9,14-19H2,1-4H3,(H,32,38)(H,33,39)(H,30,31,34,35)/b13-10+/t23-,24+,27?/m0/s1. The number of hydrogen-bond acceptors (Lipinski definition) is 8. The summed E-state index contributed by atoms with van der Waals surface area (Å²) in [6.45, 7) is 8.74. The number of H-pyrrole nitrogens is 1. The Kier molecular flexibility index (Phi) is 12.9. The summed E-state index contributed by atoms with van der Waals surface area (Å²) in [7, 11) is 0. The maximum Gasteiger partial charge on any atom is 0.248 e. The highest BCUT2D eigenvalue weighted by Crippen LogP contribution is 2.26. The minimum Gasteiger partial charge on any atom is -0.350 e. The molecule has 3 atom stereocenters. The Balaban J connectivity index is 1.81. The Morgan fingerprint density at radius 2 is 1.88 bits per heavy atom. The molecule has 1 aromatic carbocycles. The largest absolute Gasteiger partial charge is 0.350 e. The highest BCUT2D eigenvalue weighted by Gasteiger charge is 2.36. The molecule has 224 valence electrons. The van der Waals surface area contributed by atoms with Gasteiger partial charge in [-0.2, -0.15) is 5.21 Å². The first-order valence-electron chi connectivity index (χ1n) is 14.3. The average molecular weight is 570 g/mol. The van der Waals surface area contributed by atoms with Crippen LogP contribution in [0.15, 0.2) is 36.4 Å². The summed E-state index contributed by atoms with van der Waals surface area (Å²) >= 11 is 0. The lowest BCUT2D eigenvalue weighted by atomic mass is 9.82. The van der Waals surface area contributed by atoms with Gasteiger partial charge in [0.1, 0.15) is 0 Å². The number of carbonyl (C=O) groups excluding carboxylic acids is 3. The van der Waals surface area contributed by atoms with Crippen LogP contribution < -0.4 is 10.9 Å². The lowest BCUT2D eigenvalue weighted by Crippen LogP contribution is -2.53. The van der Waals surface area contributed by atoms with E-state index in [1.165, 1.54) is 5.01 Å². The summed E-state index contributed by atoms with van der Waals surface area (Å²) in [5.74, 6) is -2.29. The molecule has 2 aromatic rings. The van der Waals surface area contributed by atoms with Crippen molar-refractivity contribution in [3.05, 3.63) is 47.8 Å². The molecule has 41 heavy (non-hydrogen) atoms. The van der Waals surface area contributed by atoms with Crippen molar-refractivity contribution < 1.29 is 24.0 Å². The zero-order valence-corrected chi connectivity index (χ0v) is 24.4. The fourth-order valence-electron chi connectivity index (χ4n) is 4.61. The molecule has 12 heteroatoms. The quantitative estimate of drug-likeness (QED) is 0.293. The van der Waals surface area contributed by atoms with E-state index in [0.29, 0.717) is 25.9 Å². The normalized spacial score (nSPS) is 17.0. The Morgan fingerprint density at radius 3 is 2.51 bits per heavy atom. The molecule has 2 heterocycles. The van der Waals surface area contributed by atoms with Gasteiger partial charge < -0.3 is 4.74 Å². The molecule has 1 saturated heterocycles. The SMILES string of the molecule is CC(C)C[C@@H](C(=O)NN(CC(C)C)C(=O)Cc1nn[nH]n1)[C@H](C/C=C/c1ccccc1)C(=O)NOC1CCCCO1. The van der Waals surface area contributed by atoms with Crippen LogP contribution >= 0.6 is 0 Å². The molecule has 0 spiro atoms. The first-order chi connectivity index (χ1) is 19.7. The van der Waals surface area contributed by atoms with Gasteiger partial charge in [-0.1, -0.05) is 75.4 Å². The van der Waals surface area contributed by atoms with Gasteiger partial charge in [-0.25, -0.2) is 10.3 Å². The summed E-state index contributed by atoms with van der Waals surface area (Å²) in [6.07, 6.45) is 6.48. The topological polar surface area (TPSA) is 151 Å². The number of nitrogens with zero attached hydrogens (tertiary/aromatic N) is 4. The Hall–Kier alpha value is -3.64. The molecule has 1 aliphatic heterocycles. The number of nitrogens with one attached hydrogen (secondary N) is 3. The second kappa shape index (κ2) is 16.6. The van der Waals surface area contributed by atoms with Gasteiger partial charge in [0, 0.05) is 19.6 Å². The van der Waals surface area contributed by atoms with Gasteiger partial charge in [-0.3, -0.25) is 24.8 Å². The molecular formula is C29H43N7O5. The van der Waals surface area contributed by atoms with Gasteiger partial charge in [0.25, 0.3) is 0 Å². The summed E-state index contributed by atoms with van der Waals surface area (Å²) < 4.78 is 5.59. The van der Waals surface area contributed by atoms with E-state index in [0.717, 1.165) is 18.4 Å². The maximum absolute atomic E-state index is 13.8. The number of aromatic nitrogens is 4. The third kappa shape index (κ3) is 11.0. The van der Waals surface area contributed by atoms with E-state index in [-0.39, 0.29) is 36.5 Å². The first kappa shape index (κ1) is 31.9. The summed E-state index contributed by atoms with van der Waals surface area (Å²) in [5.41, 5.74) is 6.35. The van der Waals surface area contributed by atoms with Gasteiger partial charge in [-0.15, -0.1) is 10.2 Å². The van der Waals surface area contributed by atoms with Gasteiger partial charge in [0.15, 0.2) is 12.1 Å². The van der Waals surface area contributed by atoms with Crippen LogP contribution in [-0.4, -0.2) is 62.8 Å². The second-order valence-electron chi connectivity index (χ2n) is 11.2. The van der Waals surface area contributed by atoms with Crippen LogP contribution in [0.1, 0.15) is 71.2 Å². The monoisotopic (exact) mass is 569 g/mol. The first-order valence-corrected chi connectivity index (χ1v) is 14.3. The van der Waals surface area contributed by atoms with Crippen LogP contribution in [0.3, 0.4) is 0 Å². The van der Waals surface area contributed by atoms with Crippen molar-refractivity contribution in [2.45, 2.75) is 72.5 Å². The van der Waals surface area contributed by atoms with Crippen LogP contribution in [0.25, 0.3) is 6.08 Å². The number of tetrazole rings is 1. The van der Waals surface area contributed by atoms with Crippen molar-refractivity contribution in [3.8, 4) is 0 Å². The predicted molar refractivity (Wildman–Crippen MR) is 152 cm³/mol. The molecule has 0 radical (unpaired) electrons. The Bertz CT molecular complexity index is 1100. The number of allylic oxidation sites excluding steroid dienone is 1. The zero-order chi connectivity index (χ0) is 29.6. The number of aromatic amines is 1. The van der Waals surface area contributed by atoms with Crippen molar-refractivity contribution in [2.24, 2.45) is 23.7 Å². The predicted octanol–water partition coefficient (Wildman–Crippen LogP) is 3.21. The van der Waals surface area contributed by atoms with E-state index in [9.17, 15) is 14.4 Å². The number of hydroxylamine groups is 1. The minimum atomic E-state index is -0.755. The Labute approximate surface area is 241 Å². The molecular weight excluding hydrogens is 526 g/mol. The average Bonchev–Trinajstić information content (AvgIpc) is 3.46. The molecule has 3 N–H and O–H groups in total. The summed E-state index contributed by atoms with van der Waals surface area (Å²) in [6, 6.07) is 9.74. The maximum atomic E-state index is 13.8. The molecule has 3 rings (SSSR count). The number of hydrazine groups is 1. The van der Waals surface area contributed by atoms with E-state index in [1.54, 1.807) is 0 Å². The minimum absolute atomic E-state index is 0.0739. The molecule has 12 nitrogen and oxygen atoms in total. The fourth-order valence-corrected chi connectivity index (χ4v) is 4.61. The van der Waals surface area contributed by atoms with Crippen LogP contribution in [0.5, 0.6) is 0 Å². The smallest absolute Gasteiger partial charge is 0.248 e. The highest BCUT2D eigenvalue weighted by atomic mass is 16.8. The lowest BCUT2D eigenvalue weighted by Gasteiger charge is -2.31. The van der Waals surface area contributed by atoms with E-state index >= 15 is 0 Å². The number of ether oxygens (including phenoxy) is 1. The molecule has 0 bridgehead atoms. The number of rotatable bonds is 14. The summed E-state index contributed by atoms with van der Waals surface area (Å²) in [5, 5.41) is 14.8. The molecule has 1 aliphatic rings. The van der Waals surface area contributed by atoms with Gasteiger partial charge in [-0.05, 0) is 43.1 Å². The summed E-state index contributed by atoms with van der Waals surface area (Å²) in [4.78, 5) is 46.1. The third-order valence-electron chi connectivity index (χ3n) is 6.61. The molecule has 1 fully saturated rings. The van der Waals surface area contributed by atoms with E-state index in [2.05, 4.69) is 31.5 Å². The van der Waals surface area contributed by atoms with Crippen molar-refractivity contribution in [1.29, 1.82) is 0 Å². The van der Waals surface area contributed by atoms with Gasteiger partial charge in [0.2, 0.25) is 17.7 Å². The van der Waals surface area contributed by atoms with E-state index < -0.39 is 29.9 Å². The van der Waals surface area contributed by atoms with Crippen LogP contribution in [0.4, 0.5) is 0 Å². The van der Waals surface area contributed by atoms with Crippen molar-refractivity contribution in [3.63, 3.8) is 0 Å². The van der Waals surface area contributed by atoms with E-state index in [1.807, 2.05) is 70.2 Å². The molecule has 0 saturated carbocycles. The molecule has 1 aromatic heterocycles. The number of carbonyl (C=O) groups is 3. The van der Waals surface area contributed by atoms with Crippen molar-refractivity contribution in [1.82, 2.24) is 36.5 Å². The molecule has 3 amide bonds.